The molecule has 1 saturated heterocycles. The third kappa shape index (κ3) is 2.77. The van der Waals surface area contributed by atoms with Crippen LogP contribution in [0.4, 0.5) is 5.69 Å². The fourth-order valence-electron chi connectivity index (χ4n) is 6.19. The normalized spacial score (nSPS) is 23.6. The zero-order valence-corrected chi connectivity index (χ0v) is 19.3. The number of amides is 2. The highest BCUT2D eigenvalue weighted by Gasteiger charge is 2.62. The van der Waals surface area contributed by atoms with Crippen LogP contribution in [0.25, 0.3) is 0 Å². The lowest BCUT2D eigenvalue weighted by atomic mass is 9.55. The Balaban J connectivity index is 1.34. The van der Waals surface area contributed by atoms with Crippen molar-refractivity contribution in [3.8, 4) is 5.75 Å². The van der Waals surface area contributed by atoms with Gasteiger partial charge < -0.3 is 4.74 Å². The molecule has 4 aliphatic rings. The molecular weight excluding hydrogens is 458 g/mol. The standard InChI is InChI=1S/C29H19NO4S/c31-27-25-23-16-8-1-2-9-17(16)24(19-11-4-3-10-18(19)23)26(25)28(32)30(27)20-12-5-6-13-21(20)34-29(33)22-14-7-15-35-22/h1-15,23-26H. The maximum atomic E-state index is 14.0. The molecule has 1 fully saturated rings. The summed E-state index contributed by atoms with van der Waals surface area (Å²) in [5, 5.41) is 1.80. The van der Waals surface area contributed by atoms with Crippen LogP contribution in [-0.2, 0) is 9.59 Å². The van der Waals surface area contributed by atoms with Crippen molar-refractivity contribution in [1.82, 2.24) is 0 Å². The van der Waals surface area contributed by atoms with E-state index in [0.717, 1.165) is 22.3 Å². The van der Waals surface area contributed by atoms with E-state index in [2.05, 4.69) is 24.3 Å². The number of rotatable bonds is 3. The van der Waals surface area contributed by atoms with E-state index in [0.29, 0.717) is 10.6 Å². The minimum absolute atomic E-state index is 0.181. The summed E-state index contributed by atoms with van der Waals surface area (Å²) >= 11 is 1.28. The van der Waals surface area contributed by atoms with Crippen LogP contribution in [0.5, 0.6) is 5.75 Å². The molecule has 3 aliphatic carbocycles. The molecule has 0 N–H and O–H groups in total. The predicted octanol–water partition coefficient (Wildman–Crippen LogP) is 5.36. The summed E-state index contributed by atoms with van der Waals surface area (Å²) in [4.78, 5) is 42.4. The van der Waals surface area contributed by atoms with Crippen molar-refractivity contribution in [1.29, 1.82) is 0 Å². The van der Waals surface area contributed by atoms with E-state index in [1.165, 1.54) is 16.2 Å². The van der Waals surface area contributed by atoms with Crippen LogP contribution in [0.2, 0.25) is 0 Å². The number of imide groups is 1. The van der Waals surface area contributed by atoms with Crippen molar-refractivity contribution in [2.75, 3.05) is 4.90 Å². The van der Waals surface area contributed by atoms with E-state index < -0.39 is 17.8 Å². The fourth-order valence-corrected chi connectivity index (χ4v) is 6.79. The first kappa shape index (κ1) is 20.4. The Hall–Kier alpha value is -4.03. The average Bonchev–Trinajstić information content (AvgIpc) is 3.52. The highest BCUT2D eigenvalue weighted by molar-refractivity contribution is 7.12. The number of anilines is 1. The lowest BCUT2D eigenvalue weighted by molar-refractivity contribution is -0.122. The predicted molar refractivity (Wildman–Crippen MR) is 132 cm³/mol. The van der Waals surface area contributed by atoms with Gasteiger partial charge >= 0.3 is 5.97 Å². The smallest absolute Gasteiger partial charge is 0.353 e. The topological polar surface area (TPSA) is 63.7 Å². The van der Waals surface area contributed by atoms with Crippen molar-refractivity contribution in [2.45, 2.75) is 11.8 Å². The molecule has 0 spiro atoms. The Morgan fingerprint density at radius 3 is 1.71 bits per heavy atom. The van der Waals surface area contributed by atoms with E-state index in [1.807, 2.05) is 24.3 Å². The SMILES string of the molecule is O=C(Oc1ccccc1N1C(=O)C2C3c4ccccc4C(c4ccccc43)C2C1=O)c1cccs1. The Bertz CT molecular complexity index is 1410. The number of hydrogen-bond acceptors (Lipinski definition) is 5. The molecule has 2 bridgehead atoms. The summed E-state index contributed by atoms with van der Waals surface area (Å²) in [5.74, 6) is -2.12. The molecule has 4 aromatic rings. The van der Waals surface area contributed by atoms with Crippen LogP contribution < -0.4 is 9.64 Å². The highest BCUT2D eigenvalue weighted by Crippen LogP contribution is 2.61. The largest absolute Gasteiger partial charge is 0.420 e. The Labute approximate surface area is 205 Å². The molecule has 2 unspecified atom stereocenters. The van der Waals surface area contributed by atoms with Crippen molar-refractivity contribution in [3.63, 3.8) is 0 Å². The number of hydrogen-bond donors (Lipinski definition) is 0. The average molecular weight is 478 g/mol. The maximum Gasteiger partial charge on any atom is 0.353 e. The molecule has 170 valence electrons. The number of nitrogens with zero attached hydrogens (tertiary/aromatic N) is 1. The van der Waals surface area contributed by atoms with Crippen LogP contribution in [0.1, 0.15) is 43.8 Å². The second-order valence-corrected chi connectivity index (χ2v) is 10.1. The van der Waals surface area contributed by atoms with Gasteiger partial charge in [-0.3, -0.25) is 9.59 Å². The number of benzene rings is 3. The van der Waals surface area contributed by atoms with Gasteiger partial charge in [-0.15, -0.1) is 11.3 Å². The van der Waals surface area contributed by atoms with E-state index in [9.17, 15) is 14.4 Å². The van der Waals surface area contributed by atoms with E-state index in [1.54, 1.807) is 41.8 Å². The summed E-state index contributed by atoms with van der Waals surface area (Å²) in [6.07, 6.45) is 0. The van der Waals surface area contributed by atoms with Crippen molar-refractivity contribution in [2.24, 2.45) is 11.8 Å². The second-order valence-electron chi connectivity index (χ2n) is 9.11. The summed E-state index contributed by atoms with van der Waals surface area (Å²) < 4.78 is 5.67. The highest BCUT2D eigenvalue weighted by atomic mass is 32.1. The molecule has 0 saturated carbocycles. The molecule has 1 aromatic heterocycles. The summed E-state index contributed by atoms with van der Waals surface area (Å²) in [6.45, 7) is 0. The van der Waals surface area contributed by atoms with Crippen LogP contribution in [0.15, 0.2) is 90.3 Å². The van der Waals surface area contributed by atoms with Crippen LogP contribution in [0.3, 0.4) is 0 Å². The molecular formula is C29H19NO4S. The lowest BCUT2D eigenvalue weighted by Gasteiger charge is -2.45. The minimum Gasteiger partial charge on any atom is -0.420 e. The summed E-state index contributed by atoms with van der Waals surface area (Å²) in [6, 6.07) is 26.5. The lowest BCUT2D eigenvalue weighted by Crippen LogP contribution is -2.41. The van der Waals surface area contributed by atoms with Gasteiger partial charge in [-0.1, -0.05) is 66.7 Å². The van der Waals surface area contributed by atoms with E-state index >= 15 is 0 Å². The van der Waals surface area contributed by atoms with Gasteiger partial charge in [0, 0.05) is 11.8 Å². The molecule has 3 aromatic carbocycles. The van der Waals surface area contributed by atoms with Gasteiger partial charge in [-0.2, -0.15) is 0 Å². The number of carbonyl (C=O) groups excluding carboxylic acids is 3. The molecule has 8 rings (SSSR count). The first-order valence-corrected chi connectivity index (χ1v) is 12.4. The summed E-state index contributed by atoms with van der Waals surface area (Å²) in [5.41, 5.74) is 4.81. The molecule has 0 radical (unpaired) electrons. The van der Waals surface area contributed by atoms with Crippen LogP contribution in [0, 0.1) is 11.8 Å². The molecule has 5 nitrogen and oxygen atoms in total. The second kappa shape index (κ2) is 7.48. The zero-order chi connectivity index (χ0) is 23.7. The first-order valence-electron chi connectivity index (χ1n) is 11.6. The van der Waals surface area contributed by atoms with Gasteiger partial charge in [0.25, 0.3) is 0 Å². The third-order valence-corrected chi connectivity index (χ3v) is 8.33. The zero-order valence-electron chi connectivity index (χ0n) is 18.5. The van der Waals surface area contributed by atoms with Crippen molar-refractivity contribution >= 4 is 34.8 Å². The van der Waals surface area contributed by atoms with E-state index in [-0.39, 0.29) is 29.4 Å². The molecule has 2 amide bonds. The van der Waals surface area contributed by atoms with Gasteiger partial charge in [-0.25, -0.2) is 9.69 Å². The number of esters is 1. The molecule has 1 aliphatic heterocycles. The van der Waals surface area contributed by atoms with Crippen molar-refractivity contribution in [3.05, 3.63) is 117 Å². The van der Waals surface area contributed by atoms with Crippen LogP contribution in [-0.4, -0.2) is 17.8 Å². The van der Waals surface area contributed by atoms with E-state index in [4.69, 9.17) is 4.74 Å². The molecule has 2 heterocycles. The Morgan fingerprint density at radius 1 is 0.686 bits per heavy atom. The molecule has 35 heavy (non-hydrogen) atoms. The third-order valence-electron chi connectivity index (χ3n) is 7.48. The quantitative estimate of drug-likeness (QED) is 0.226. The van der Waals surface area contributed by atoms with Crippen molar-refractivity contribution < 1.29 is 19.1 Å². The number of carbonyl (C=O) groups is 3. The Morgan fingerprint density at radius 2 is 1.20 bits per heavy atom. The van der Waals surface area contributed by atoms with Gasteiger partial charge in [0.15, 0.2) is 5.75 Å². The Kier molecular flexibility index (Phi) is 4.35. The first-order chi connectivity index (χ1) is 17.1. The van der Waals surface area contributed by atoms with Crippen LogP contribution >= 0.6 is 11.3 Å². The number of ether oxygens (including phenoxy) is 1. The molecule has 6 heteroatoms. The monoisotopic (exact) mass is 477 g/mol. The number of para-hydroxylation sites is 2. The minimum atomic E-state index is -0.510. The van der Waals surface area contributed by atoms with Gasteiger partial charge in [-0.05, 0) is 45.8 Å². The fraction of sp³-hybridized carbons (Fsp3) is 0.138. The number of thiophene rings is 1. The van der Waals surface area contributed by atoms with Gasteiger partial charge in [0.2, 0.25) is 11.8 Å². The summed E-state index contributed by atoms with van der Waals surface area (Å²) in [7, 11) is 0. The maximum absolute atomic E-state index is 14.0. The van der Waals surface area contributed by atoms with Gasteiger partial charge in [0.1, 0.15) is 4.88 Å². The van der Waals surface area contributed by atoms with Gasteiger partial charge in [0.05, 0.1) is 17.5 Å². The molecule has 2 atom stereocenters.